The number of hydrogen-bond acceptors (Lipinski definition) is 6. The Morgan fingerprint density at radius 3 is 2.37 bits per heavy atom. The molecule has 0 spiro atoms. The van der Waals surface area contributed by atoms with Crippen LogP contribution in [0.5, 0.6) is 0 Å². The molecule has 1 aliphatic heterocycles. The number of pyridine rings is 1. The van der Waals surface area contributed by atoms with Gasteiger partial charge in [-0.25, -0.2) is 4.98 Å². The molecule has 3 aromatic rings. The van der Waals surface area contributed by atoms with Gasteiger partial charge in [-0.1, -0.05) is 97.2 Å². The number of aromatic amines is 1. The fraction of sp³-hybridized carbons (Fsp3) is 0.488. The maximum Gasteiger partial charge on any atom is 0.144 e. The smallest absolute Gasteiger partial charge is 0.144 e. The van der Waals surface area contributed by atoms with E-state index in [0.29, 0.717) is 11.6 Å². The van der Waals surface area contributed by atoms with Crippen molar-refractivity contribution in [1.82, 2.24) is 19.9 Å². The number of nitriles is 1. The van der Waals surface area contributed by atoms with E-state index in [1.807, 2.05) is 45.4 Å². The largest absolute Gasteiger partial charge is 0.398 e. The van der Waals surface area contributed by atoms with Gasteiger partial charge in [0, 0.05) is 48.3 Å². The number of piperidine rings is 1. The van der Waals surface area contributed by atoms with Gasteiger partial charge in [0.1, 0.15) is 10.7 Å². The summed E-state index contributed by atoms with van der Waals surface area (Å²) < 4.78 is 0. The van der Waals surface area contributed by atoms with E-state index in [-0.39, 0.29) is 11.2 Å². The Labute approximate surface area is 302 Å². The average Bonchev–Trinajstić information content (AvgIpc) is 3.77. The summed E-state index contributed by atoms with van der Waals surface area (Å²) in [4.78, 5) is 15.5. The Bertz CT molecular complexity index is 1620. The van der Waals surface area contributed by atoms with Crippen molar-refractivity contribution < 1.29 is 0 Å². The lowest BCUT2D eigenvalue weighted by Gasteiger charge is -2.33. The number of thiazole rings is 1. The fourth-order valence-electron chi connectivity index (χ4n) is 5.77. The summed E-state index contributed by atoms with van der Waals surface area (Å²) in [5.74, 6) is 1.32. The molecule has 0 bridgehead atoms. The standard InChI is InChI=1S/C17H18N4S.C15H22N2.C9H19B/c1-5-11-6-19-16(17-21-8-13(22-17)10(4)18)15-14(11)12(7-20-15)9(2)3;1-4-7-13(5-2)15(12-16)14-8-10-17(6-3)11-9-14;1-5-9(4,10)7-6-8(2)3/h6-8,20H,2,4-5,18H2,1,3H3;4-7,14-15H,3,8-11H2,1-2H3;8H,5-7H2,1-4H3/b;7-4-,13-5+;. The van der Waals surface area contributed by atoms with Crippen LogP contribution in [0.3, 0.4) is 0 Å². The highest BCUT2D eigenvalue weighted by molar-refractivity contribution is 7.16. The summed E-state index contributed by atoms with van der Waals surface area (Å²) in [6.07, 6.45) is 20.3. The number of likely N-dealkylation sites (tertiary alicyclic amines) is 1. The molecule has 3 aromatic heterocycles. The number of rotatable bonds is 12. The van der Waals surface area contributed by atoms with Crippen LogP contribution < -0.4 is 5.73 Å². The van der Waals surface area contributed by atoms with Gasteiger partial charge in [-0.15, -0.1) is 11.3 Å². The molecule has 262 valence electrons. The van der Waals surface area contributed by atoms with E-state index in [1.54, 1.807) is 6.20 Å². The van der Waals surface area contributed by atoms with Crippen LogP contribution in [0, 0.1) is 29.1 Å². The number of aryl methyl sites for hydroxylation is 1. The Morgan fingerprint density at radius 1 is 1.22 bits per heavy atom. The van der Waals surface area contributed by atoms with Gasteiger partial charge in [-0.3, -0.25) is 4.98 Å². The van der Waals surface area contributed by atoms with E-state index >= 15 is 0 Å². The van der Waals surface area contributed by atoms with E-state index in [0.717, 1.165) is 88.9 Å². The molecule has 8 heteroatoms. The van der Waals surface area contributed by atoms with Gasteiger partial charge in [0.2, 0.25) is 0 Å². The van der Waals surface area contributed by atoms with Crippen molar-refractivity contribution in [2.45, 2.75) is 99.2 Å². The van der Waals surface area contributed by atoms with E-state index in [2.05, 4.69) is 92.4 Å². The summed E-state index contributed by atoms with van der Waals surface area (Å²) >= 11 is 1.50. The van der Waals surface area contributed by atoms with E-state index in [9.17, 15) is 5.26 Å². The molecule has 1 fully saturated rings. The van der Waals surface area contributed by atoms with Gasteiger partial charge in [-0.2, -0.15) is 5.26 Å². The predicted molar refractivity (Wildman–Crippen MR) is 215 cm³/mol. The second kappa shape index (κ2) is 20.0. The quantitative estimate of drug-likeness (QED) is 0.147. The number of nitrogens with two attached hydrogens (primary N) is 1. The molecule has 0 saturated carbocycles. The average molecular weight is 679 g/mol. The van der Waals surface area contributed by atoms with Crippen molar-refractivity contribution in [3.63, 3.8) is 0 Å². The van der Waals surface area contributed by atoms with Crippen LogP contribution in [0.15, 0.2) is 68.3 Å². The number of H-pyrrole nitrogens is 1. The first-order valence-electron chi connectivity index (χ1n) is 17.7. The third kappa shape index (κ3) is 11.9. The first-order valence-corrected chi connectivity index (χ1v) is 18.5. The molecule has 1 saturated heterocycles. The lowest BCUT2D eigenvalue weighted by Crippen LogP contribution is -2.32. The predicted octanol–water partition coefficient (Wildman–Crippen LogP) is 10.9. The monoisotopic (exact) mass is 678 g/mol. The molecule has 2 atom stereocenters. The molecule has 4 rings (SSSR count). The molecular weight excluding hydrogens is 619 g/mol. The molecular formula is C41H59BN6S. The van der Waals surface area contributed by atoms with Crippen LogP contribution in [0.25, 0.3) is 32.9 Å². The Balaban J connectivity index is 0.000000275. The van der Waals surface area contributed by atoms with E-state index < -0.39 is 0 Å². The van der Waals surface area contributed by atoms with Crippen LogP contribution >= 0.6 is 11.3 Å². The number of fused-ring (bicyclic) bond motifs is 1. The second-order valence-corrected chi connectivity index (χ2v) is 14.7. The van der Waals surface area contributed by atoms with Crippen molar-refractivity contribution in [2.24, 2.45) is 23.5 Å². The molecule has 0 amide bonds. The lowest BCUT2D eigenvalue weighted by molar-refractivity contribution is 0.223. The molecule has 4 heterocycles. The number of allylic oxidation sites excluding steroid dienone is 5. The highest BCUT2D eigenvalue weighted by atomic mass is 32.1. The summed E-state index contributed by atoms with van der Waals surface area (Å²) in [6, 6.07) is 2.48. The van der Waals surface area contributed by atoms with Crippen LogP contribution in [-0.2, 0) is 6.42 Å². The number of hydrogen-bond donors (Lipinski definition) is 2. The Hall–Kier alpha value is -3.83. The van der Waals surface area contributed by atoms with E-state index in [4.69, 9.17) is 13.6 Å². The van der Waals surface area contributed by atoms with Crippen LogP contribution in [0.4, 0.5) is 0 Å². The first-order chi connectivity index (χ1) is 23.3. The highest BCUT2D eigenvalue weighted by Crippen LogP contribution is 2.36. The third-order valence-corrected chi connectivity index (χ3v) is 10.3. The summed E-state index contributed by atoms with van der Waals surface area (Å²) in [5.41, 5.74) is 12.7. The molecule has 2 radical (unpaired) electrons. The number of aromatic nitrogens is 3. The van der Waals surface area contributed by atoms with Crippen LogP contribution in [0.2, 0.25) is 5.31 Å². The maximum atomic E-state index is 9.37. The van der Waals surface area contributed by atoms with Gasteiger partial charge >= 0.3 is 0 Å². The zero-order valence-electron chi connectivity index (χ0n) is 31.4. The van der Waals surface area contributed by atoms with Crippen molar-refractivity contribution in [3.8, 4) is 16.8 Å². The summed E-state index contributed by atoms with van der Waals surface area (Å²) in [7, 11) is 5.96. The molecule has 49 heavy (non-hydrogen) atoms. The van der Waals surface area contributed by atoms with Gasteiger partial charge < -0.3 is 15.6 Å². The van der Waals surface area contributed by atoms with Crippen molar-refractivity contribution in [2.75, 3.05) is 13.1 Å². The van der Waals surface area contributed by atoms with Gasteiger partial charge in [-0.05, 0) is 74.8 Å². The van der Waals surface area contributed by atoms with Gasteiger partial charge in [0.15, 0.2) is 0 Å². The number of nitrogens with one attached hydrogen (secondary N) is 1. The molecule has 3 N–H and O–H groups in total. The minimum Gasteiger partial charge on any atom is -0.398 e. The summed E-state index contributed by atoms with van der Waals surface area (Å²) in [5, 5.41) is 11.5. The topological polar surface area (TPSA) is 94.6 Å². The molecule has 1 aliphatic rings. The molecule has 0 aliphatic carbocycles. The van der Waals surface area contributed by atoms with E-state index in [1.165, 1.54) is 28.7 Å². The van der Waals surface area contributed by atoms with Crippen molar-refractivity contribution in [1.29, 1.82) is 5.26 Å². The maximum absolute atomic E-state index is 9.37. The van der Waals surface area contributed by atoms with Crippen molar-refractivity contribution in [3.05, 3.63) is 84.3 Å². The Kier molecular flexibility index (Phi) is 16.9. The SMILES string of the molecule is C=C(N)c1cnc(-c2ncc(CC)c3c(C(=C)C)c[nH]c23)s1.C=CN1CCC(C(C#N)C(/C=C\C)=C/C)CC1.[B]C(C)(CC)CCC(C)C. The first kappa shape index (κ1) is 41.3. The van der Waals surface area contributed by atoms with Crippen LogP contribution in [0.1, 0.15) is 103 Å². The fourth-order valence-corrected chi connectivity index (χ4v) is 6.57. The lowest BCUT2D eigenvalue weighted by atomic mass is 9.65. The molecule has 6 nitrogen and oxygen atoms in total. The minimum atomic E-state index is 0.0446. The van der Waals surface area contributed by atoms with Crippen LogP contribution in [-0.4, -0.2) is 40.8 Å². The minimum absolute atomic E-state index is 0.0446. The molecule has 2 unspecified atom stereocenters. The normalized spacial score (nSPS) is 15.5. The Morgan fingerprint density at radius 2 is 1.90 bits per heavy atom. The zero-order valence-corrected chi connectivity index (χ0v) is 32.2. The zero-order chi connectivity index (χ0) is 36.7. The highest BCUT2D eigenvalue weighted by Gasteiger charge is 2.27. The molecule has 0 aromatic carbocycles. The third-order valence-electron chi connectivity index (χ3n) is 9.25. The second-order valence-electron chi connectivity index (χ2n) is 13.7. The van der Waals surface area contributed by atoms with Gasteiger partial charge in [0.05, 0.1) is 30.2 Å². The van der Waals surface area contributed by atoms with Gasteiger partial charge in [0.25, 0.3) is 0 Å². The summed E-state index contributed by atoms with van der Waals surface area (Å²) in [6.45, 7) is 30.6. The van der Waals surface area contributed by atoms with Crippen molar-refractivity contribution >= 4 is 41.4 Å². The number of nitrogens with zero attached hydrogens (tertiary/aromatic N) is 4.